The van der Waals surface area contributed by atoms with Gasteiger partial charge in [-0.2, -0.15) is 0 Å². The Kier molecular flexibility index (Phi) is 4.61. The summed E-state index contributed by atoms with van der Waals surface area (Å²) in [5, 5.41) is 9.57. The lowest BCUT2D eigenvalue weighted by molar-refractivity contribution is 0.133. The fraction of sp³-hybridized carbons (Fsp3) is 0.250. The molecule has 0 spiro atoms. The van der Waals surface area contributed by atoms with E-state index in [9.17, 15) is 5.11 Å². The van der Waals surface area contributed by atoms with Gasteiger partial charge in [-0.1, -0.05) is 30.3 Å². The number of nitrogens with two attached hydrogens (primary N) is 1. The molecule has 3 N–H and O–H groups in total. The van der Waals surface area contributed by atoms with Gasteiger partial charge >= 0.3 is 0 Å². The molecular weight excluding hydrogens is 254 g/mol. The van der Waals surface area contributed by atoms with Gasteiger partial charge in [0.25, 0.3) is 0 Å². The molecular formula is C16H19NO3. The molecule has 1 atom stereocenters. The molecule has 0 fully saturated rings. The van der Waals surface area contributed by atoms with E-state index in [1.807, 2.05) is 54.6 Å². The van der Waals surface area contributed by atoms with E-state index in [-0.39, 0.29) is 13.2 Å². The maximum atomic E-state index is 9.57. The first-order valence-corrected chi connectivity index (χ1v) is 6.40. The summed E-state index contributed by atoms with van der Waals surface area (Å²) in [7, 11) is 1.61. The smallest absolute Gasteiger partial charge is 0.119 e. The second kappa shape index (κ2) is 6.41. The number of rotatable bonds is 6. The lowest BCUT2D eigenvalue weighted by atomic mass is 9.93. The van der Waals surface area contributed by atoms with Crippen LogP contribution in [0.4, 0.5) is 0 Å². The highest BCUT2D eigenvalue weighted by molar-refractivity contribution is 5.31. The summed E-state index contributed by atoms with van der Waals surface area (Å²) in [6.45, 7) is 0.00695. The molecule has 0 saturated carbocycles. The van der Waals surface area contributed by atoms with Crippen LogP contribution < -0.4 is 15.2 Å². The molecule has 0 aliphatic heterocycles. The lowest BCUT2D eigenvalue weighted by Gasteiger charge is -2.27. The standard InChI is InChI=1S/C16H19NO3/c1-19-14-7-9-15(10-8-14)20-12-16(17,11-18)13-5-3-2-4-6-13/h2-10,18H,11-12,17H2,1H3. The quantitative estimate of drug-likeness (QED) is 0.844. The van der Waals surface area contributed by atoms with E-state index in [2.05, 4.69) is 0 Å². The average Bonchev–Trinajstić information content (AvgIpc) is 2.54. The van der Waals surface area contributed by atoms with Crippen LogP contribution in [-0.2, 0) is 5.54 Å². The van der Waals surface area contributed by atoms with E-state index in [1.165, 1.54) is 0 Å². The summed E-state index contributed by atoms with van der Waals surface area (Å²) in [5.41, 5.74) is 6.15. The van der Waals surface area contributed by atoms with E-state index >= 15 is 0 Å². The molecule has 2 aromatic rings. The van der Waals surface area contributed by atoms with Crippen molar-refractivity contribution in [1.29, 1.82) is 0 Å². The number of methoxy groups -OCH3 is 1. The highest BCUT2D eigenvalue weighted by Crippen LogP contribution is 2.22. The van der Waals surface area contributed by atoms with Crippen molar-refractivity contribution in [2.45, 2.75) is 5.54 Å². The highest BCUT2D eigenvalue weighted by Gasteiger charge is 2.27. The molecule has 0 bridgehead atoms. The van der Waals surface area contributed by atoms with Crippen molar-refractivity contribution in [2.75, 3.05) is 20.3 Å². The molecule has 106 valence electrons. The molecule has 0 aliphatic carbocycles. The minimum Gasteiger partial charge on any atom is -0.497 e. The lowest BCUT2D eigenvalue weighted by Crippen LogP contribution is -2.46. The van der Waals surface area contributed by atoms with Gasteiger partial charge in [0.1, 0.15) is 18.1 Å². The van der Waals surface area contributed by atoms with Gasteiger partial charge in [-0.25, -0.2) is 0 Å². The topological polar surface area (TPSA) is 64.7 Å². The maximum absolute atomic E-state index is 9.57. The normalized spacial score (nSPS) is 13.6. The third-order valence-electron chi connectivity index (χ3n) is 3.19. The molecule has 0 radical (unpaired) electrons. The Morgan fingerprint density at radius 3 is 2.15 bits per heavy atom. The largest absolute Gasteiger partial charge is 0.497 e. The first-order valence-electron chi connectivity index (χ1n) is 6.40. The van der Waals surface area contributed by atoms with Gasteiger partial charge in [-0.15, -0.1) is 0 Å². The van der Waals surface area contributed by atoms with E-state index < -0.39 is 5.54 Å². The van der Waals surface area contributed by atoms with E-state index in [0.717, 1.165) is 11.3 Å². The van der Waals surface area contributed by atoms with Gasteiger partial charge in [0.2, 0.25) is 0 Å². The first kappa shape index (κ1) is 14.4. The molecule has 4 nitrogen and oxygen atoms in total. The van der Waals surface area contributed by atoms with Crippen LogP contribution in [0.2, 0.25) is 0 Å². The Labute approximate surface area is 118 Å². The second-order valence-corrected chi connectivity index (χ2v) is 4.64. The van der Waals surface area contributed by atoms with Crippen molar-refractivity contribution in [3.63, 3.8) is 0 Å². The van der Waals surface area contributed by atoms with Crippen molar-refractivity contribution >= 4 is 0 Å². The summed E-state index contributed by atoms with van der Waals surface area (Å²) in [6, 6.07) is 16.7. The van der Waals surface area contributed by atoms with Crippen LogP contribution in [-0.4, -0.2) is 25.4 Å². The first-order chi connectivity index (χ1) is 9.68. The third kappa shape index (κ3) is 3.29. The van der Waals surface area contributed by atoms with Gasteiger partial charge in [0, 0.05) is 0 Å². The number of aliphatic hydroxyl groups excluding tert-OH is 1. The van der Waals surface area contributed by atoms with Crippen LogP contribution in [0.3, 0.4) is 0 Å². The van der Waals surface area contributed by atoms with E-state index in [4.69, 9.17) is 15.2 Å². The number of hydrogen-bond donors (Lipinski definition) is 2. The van der Waals surface area contributed by atoms with Crippen LogP contribution in [0.25, 0.3) is 0 Å². The van der Waals surface area contributed by atoms with Gasteiger partial charge in [-0.3, -0.25) is 0 Å². The van der Waals surface area contributed by atoms with Gasteiger partial charge in [0.05, 0.1) is 19.3 Å². The predicted molar refractivity (Wildman–Crippen MR) is 77.9 cm³/mol. The SMILES string of the molecule is COc1ccc(OCC(N)(CO)c2ccccc2)cc1. The van der Waals surface area contributed by atoms with Crippen molar-refractivity contribution < 1.29 is 14.6 Å². The molecule has 2 aromatic carbocycles. The monoisotopic (exact) mass is 273 g/mol. The molecule has 0 saturated heterocycles. The molecule has 0 amide bonds. The molecule has 2 rings (SSSR count). The molecule has 0 heterocycles. The van der Waals surface area contributed by atoms with Crippen LogP contribution in [0.1, 0.15) is 5.56 Å². The minimum atomic E-state index is -0.915. The highest BCUT2D eigenvalue weighted by atomic mass is 16.5. The molecule has 20 heavy (non-hydrogen) atoms. The third-order valence-corrected chi connectivity index (χ3v) is 3.19. The Morgan fingerprint density at radius 1 is 1.00 bits per heavy atom. The molecule has 0 aliphatic rings. The maximum Gasteiger partial charge on any atom is 0.119 e. The minimum absolute atomic E-state index is 0.187. The number of benzene rings is 2. The summed E-state index contributed by atoms with van der Waals surface area (Å²) in [5.74, 6) is 1.45. The van der Waals surface area contributed by atoms with Crippen molar-refractivity contribution in [3.05, 3.63) is 60.2 Å². The number of ether oxygens (including phenoxy) is 2. The Bertz CT molecular complexity index is 527. The predicted octanol–water partition coefficient (Wildman–Crippen LogP) is 1.92. The van der Waals surface area contributed by atoms with Gasteiger partial charge in [-0.05, 0) is 29.8 Å². The summed E-state index contributed by atoms with van der Waals surface area (Å²) in [4.78, 5) is 0. The fourth-order valence-electron chi connectivity index (χ4n) is 1.87. The second-order valence-electron chi connectivity index (χ2n) is 4.64. The number of aliphatic hydroxyl groups is 1. The van der Waals surface area contributed by atoms with Crippen LogP contribution in [0, 0.1) is 0 Å². The number of hydrogen-bond acceptors (Lipinski definition) is 4. The summed E-state index contributed by atoms with van der Waals surface area (Å²) in [6.07, 6.45) is 0. The Balaban J connectivity index is 2.06. The Hall–Kier alpha value is -2.04. The van der Waals surface area contributed by atoms with Gasteiger partial charge in [0.15, 0.2) is 0 Å². The average molecular weight is 273 g/mol. The molecule has 1 unspecified atom stereocenters. The fourth-order valence-corrected chi connectivity index (χ4v) is 1.87. The zero-order valence-electron chi connectivity index (χ0n) is 11.5. The van der Waals surface area contributed by atoms with Crippen LogP contribution in [0.15, 0.2) is 54.6 Å². The zero-order valence-corrected chi connectivity index (χ0v) is 11.5. The summed E-state index contributed by atoms with van der Waals surface area (Å²) < 4.78 is 10.8. The summed E-state index contributed by atoms with van der Waals surface area (Å²) >= 11 is 0. The molecule has 4 heteroatoms. The zero-order chi connectivity index (χ0) is 14.4. The van der Waals surface area contributed by atoms with Crippen molar-refractivity contribution in [2.24, 2.45) is 5.73 Å². The molecule has 0 aromatic heterocycles. The van der Waals surface area contributed by atoms with Crippen LogP contribution in [0.5, 0.6) is 11.5 Å². The Morgan fingerprint density at radius 2 is 1.60 bits per heavy atom. The van der Waals surface area contributed by atoms with Crippen LogP contribution >= 0.6 is 0 Å². The van der Waals surface area contributed by atoms with E-state index in [0.29, 0.717) is 5.75 Å². The van der Waals surface area contributed by atoms with Crippen molar-refractivity contribution in [3.8, 4) is 11.5 Å². The van der Waals surface area contributed by atoms with E-state index in [1.54, 1.807) is 7.11 Å². The van der Waals surface area contributed by atoms with Gasteiger partial charge < -0.3 is 20.3 Å². The van der Waals surface area contributed by atoms with Crippen molar-refractivity contribution in [1.82, 2.24) is 0 Å².